The van der Waals surface area contributed by atoms with Crippen molar-refractivity contribution in [2.75, 3.05) is 0 Å². The summed E-state index contributed by atoms with van der Waals surface area (Å²) < 4.78 is 5.49. The van der Waals surface area contributed by atoms with Crippen molar-refractivity contribution in [2.45, 2.75) is 32.6 Å². The maximum absolute atomic E-state index is 12.8. The van der Waals surface area contributed by atoms with Crippen LogP contribution in [0.15, 0.2) is 39.1 Å². The fraction of sp³-hybridized carbons (Fsp3) is 0.250. The number of aryl methyl sites for hydroxylation is 1. The highest BCUT2D eigenvalue weighted by Crippen LogP contribution is 2.28. The number of nitrogens with one attached hydrogen (secondary N) is 1. The molecule has 154 valence electrons. The molecule has 4 aromatic heterocycles. The lowest BCUT2D eigenvalue weighted by molar-refractivity contribution is 0.0968. The Balaban J connectivity index is 1.34. The average Bonchev–Trinajstić information content (AvgIpc) is 3.39. The number of hydrogen-bond donors (Lipinski definition) is 1. The van der Waals surface area contributed by atoms with Crippen molar-refractivity contribution >= 4 is 28.3 Å². The number of hydrogen-bond acceptors (Lipinski definition) is 10. The first-order valence-corrected chi connectivity index (χ1v) is 9.58. The van der Waals surface area contributed by atoms with Gasteiger partial charge in [0, 0.05) is 24.8 Å². The topological polar surface area (TPSA) is 153 Å². The lowest BCUT2D eigenvalue weighted by Gasteiger charge is -2.07. The first kappa shape index (κ1) is 18.9. The molecule has 0 fully saturated rings. The summed E-state index contributed by atoms with van der Waals surface area (Å²) in [6.45, 7) is 3.69. The molecule has 0 saturated carbocycles. The SMILES string of the molecule is Cc1ncc2c(n1)CC(c1cc([C@@H](C)CC(=O)c3ncnc4[nH]c(=O)cnc34)on1)=N2. The van der Waals surface area contributed by atoms with Crippen LogP contribution >= 0.6 is 0 Å². The molecule has 0 aliphatic carbocycles. The van der Waals surface area contributed by atoms with Crippen LogP contribution in [0.25, 0.3) is 11.2 Å². The Labute approximate surface area is 174 Å². The van der Waals surface area contributed by atoms with Crippen molar-refractivity contribution in [3.63, 3.8) is 0 Å². The van der Waals surface area contributed by atoms with Gasteiger partial charge < -0.3 is 9.51 Å². The van der Waals surface area contributed by atoms with E-state index >= 15 is 0 Å². The summed E-state index contributed by atoms with van der Waals surface area (Å²) in [6, 6.07) is 1.79. The number of fused-ring (bicyclic) bond motifs is 2. The second kappa shape index (κ2) is 7.27. The maximum atomic E-state index is 12.8. The Kier molecular flexibility index (Phi) is 4.42. The summed E-state index contributed by atoms with van der Waals surface area (Å²) in [5.41, 5.74) is 3.17. The minimum atomic E-state index is -0.398. The van der Waals surface area contributed by atoms with Crippen LogP contribution < -0.4 is 5.56 Å². The monoisotopic (exact) mass is 416 g/mol. The van der Waals surface area contributed by atoms with Crippen LogP contribution in [-0.4, -0.2) is 46.6 Å². The van der Waals surface area contributed by atoms with Crippen LogP contribution in [0.2, 0.25) is 0 Å². The quantitative estimate of drug-likeness (QED) is 0.480. The van der Waals surface area contributed by atoms with Gasteiger partial charge in [-0.2, -0.15) is 0 Å². The van der Waals surface area contributed by atoms with E-state index < -0.39 is 5.56 Å². The smallest absolute Gasteiger partial charge is 0.268 e. The summed E-state index contributed by atoms with van der Waals surface area (Å²) in [7, 11) is 0. The third-order valence-electron chi connectivity index (χ3n) is 5.00. The van der Waals surface area contributed by atoms with Gasteiger partial charge >= 0.3 is 0 Å². The number of aromatic nitrogens is 7. The maximum Gasteiger partial charge on any atom is 0.268 e. The highest BCUT2D eigenvalue weighted by atomic mass is 16.5. The number of carbonyl (C=O) groups excluding carboxylic acids is 1. The Morgan fingerprint density at radius 2 is 2.10 bits per heavy atom. The highest BCUT2D eigenvalue weighted by Gasteiger charge is 2.24. The molecule has 5 heterocycles. The van der Waals surface area contributed by atoms with Gasteiger partial charge in [0.25, 0.3) is 5.56 Å². The second-order valence-electron chi connectivity index (χ2n) is 7.29. The summed E-state index contributed by atoms with van der Waals surface area (Å²) in [4.78, 5) is 52.0. The summed E-state index contributed by atoms with van der Waals surface area (Å²) in [5.74, 6) is 0.754. The molecule has 0 aromatic carbocycles. The Morgan fingerprint density at radius 1 is 1.23 bits per heavy atom. The molecular formula is C20H16N8O3. The van der Waals surface area contributed by atoms with E-state index in [-0.39, 0.29) is 35.0 Å². The molecule has 5 rings (SSSR count). The van der Waals surface area contributed by atoms with Crippen molar-refractivity contribution in [1.29, 1.82) is 0 Å². The fourth-order valence-electron chi connectivity index (χ4n) is 3.43. The number of carbonyl (C=O) groups is 1. The third-order valence-corrected chi connectivity index (χ3v) is 5.00. The van der Waals surface area contributed by atoms with Gasteiger partial charge in [-0.05, 0) is 6.92 Å². The van der Waals surface area contributed by atoms with Gasteiger partial charge in [0.2, 0.25) is 0 Å². The molecule has 11 heteroatoms. The van der Waals surface area contributed by atoms with E-state index in [0.29, 0.717) is 23.7 Å². The van der Waals surface area contributed by atoms with Crippen molar-refractivity contribution in [1.82, 2.24) is 35.1 Å². The normalized spacial score (nSPS) is 13.8. The second-order valence-corrected chi connectivity index (χ2v) is 7.29. The first-order chi connectivity index (χ1) is 15.0. The van der Waals surface area contributed by atoms with Crippen molar-refractivity contribution < 1.29 is 9.32 Å². The van der Waals surface area contributed by atoms with E-state index in [4.69, 9.17) is 4.52 Å². The minimum Gasteiger partial charge on any atom is -0.360 e. The van der Waals surface area contributed by atoms with Crippen LogP contribution in [0.3, 0.4) is 0 Å². The molecule has 0 saturated heterocycles. The molecule has 0 radical (unpaired) electrons. The number of nitrogens with zero attached hydrogens (tertiary/aromatic N) is 7. The number of H-pyrrole nitrogens is 1. The highest BCUT2D eigenvalue weighted by molar-refractivity contribution is 6.05. The van der Waals surface area contributed by atoms with Crippen LogP contribution in [0.5, 0.6) is 0 Å². The molecule has 0 spiro atoms. The Bertz CT molecular complexity index is 1420. The molecule has 0 amide bonds. The Hall–Kier alpha value is -4.15. The molecule has 0 unspecified atom stereocenters. The van der Waals surface area contributed by atoms with Gasteiger partial charge in [-0.15, -0.1) is 0 Å². The van der Waals surface area contributed by atoms with E-state index in [9.17, 15) is 9.59 Å². The van der Waals surface area contributed by atoms with Crippen molar-refractivity contribution in [2.24, 2.45) is 4.99 Å². The van der Waals surface area contributed by atoms with Gasteiger partial charge in [0.15, 0.2) is 11.4 Å². The predicted molar refractivity (Wildman–Crippen MR) is 108 cm³/mol. The van der Waals surface area contributed by atoms with Crippen molar-refractivity contribution in [3.8, 4) is 0 Å². The van der Waals surface area contributed by atoms with Gasteiger partial charge in [-0.1, -0.05) is 12.1 Å². The molecule has 4 aromatic rings. The number of Topliss-reactive ketones (excluding diaryl/α,β-unsaturated/α-hetero) is 1. The average molecular weight is 416 g/mol. The minimum absolute atomic E-state index is 0.124. The molecule has 31 heavy (non-hydrogen) atoms. The van der Waals surface area contributed by atoms with E-state index in [0.717, 1.165) is 23.3 Å². The largest absolute Gasteiger partial charge is 0.360 e. The zero-order chi connectivity index (χ0) is 21.5. The molecule has 1 N–H and O–H groups in total. The molecule has 0 bridgehead atoms. The number of aromatic amines is 1. The van der Waals surface area contributed by atoms with E-state index in [1.165, 1.54) is 6.33 Å². The van der Waals surface area contributed by atoms with Gasteiger partial charge in [-0.3, -0.25) is 9.59 Å². The summed E-state index contributed by atoms with van der Waals surface area (Å²) in [5, 5.41) is 4.12. The van der Waals surface area contributed by atoms with Crippen LogP contribution in [0.1, 0.15) is 52.7 Å². The number of rotatable bonds is 5. The lowest BCUT2D eigenvalue weighted by Crippen LogP contribution is -2.12. The van der Waals surface area contributed by atoms with Gasteiger partial charge in [0.1, 0.15) is 40.5 Å². The van der Waals surface area contributed by atoms with Crippen LogP contribution in [0, 0.1) is 6.92 Å². The summed E-state index contributed by atoms with van der Waals surface area (Å²) in [6.07, 6.45) is 4.69. The molecule has 1 aliphatic rings. The molecule has 11 nitrogen and oxygen atoms in total. The fourth-order valence-corrected chi connectivity index (χ4v) is 3.43. The molecule has 1 aliphatic heterocycles. The molecular weight excluding hydrogens is 400 g/mol. The summed E-state index contributed by atoms with van der Waals surface area (Å²) >= 11 is 0. The lowest BCUT2D eigenvalue weighted by atomic mass is 9.99. The van der Waals surface area contributed by atoms with Crippen LogP contribution in [0.4, 0.5) is 5.69 Å². The predicted octanol–water partition coefficient (Wildman–Crippen LogP) is 1.85. The molecule has 1 atom stereocenters. The standard InChI is InChI=1S/C20H16N8O3/c1-9(3-15(29)18-19-20(24-8-23-18)27-17(30)7-22-19)16-5-13(28-31-16)11-4-12-14(26-11)6-21-10(2)25-12/h5-9H,3-4H2,1-2H3,(H,23,24,27,30)/t9-/m0/s1. The Morgan fingerprint density at radius 3 is 2.97 bits per heavy atom. The zero-order valence-corrected chi connectivity index (χ0v) is 16.7. The van der Waals surface area contributed by atoms with Gasteiger partial charge in [0.05, 0.1) is 23.8 Å². The van der Waals surface area contributed by atoms with Crippen LogP contribution in [-0.2, 0) is 6.42 Å². The number of ketones is 1. The zero-order valence-electron chi connectivity index (χ0n) is 16.7. The first-order valence-electron chi connectivity index (χ1n) is 9.58. The number of aliphatic imine (C=N–C) groups is 1. The van der Waals surface area contributed by atoms with E-state index in [1.807, 2.05) is 13.8 Å². The third kappa shape index (κ3) is 3.50. The van der Waals surface area contributed by atoms with E-state index in [1.54, 1.807) is 12.3 Å². The van der Waals surface area contributed by atoms with Crippen molar-refractivity contribution in [3.05, 3.63) is 63.8 Å². The van der Waals surface area contributed by atoms with Gasteiger partial charge in [-0.25, -0.2) is 29.9 Å². The van der Waals surface area contributed by atoms with E-state index in [2.05, 4.69) is 40.1 Å².